The van der Waals surface area contributed by atoms with Gasteiger partial charge in [-0.1, -0.05) is 0 Å². The van der Waals surface area contributed by atoms with Crippen LogP contribution in [-0.2, 0) is 11.3 Å². The van der Waals surface area contributed by atoms with Gasteiger partial charge in [-0.2, -0.15) is 5.10 Å². The Balaban J connectivity index is 1.84. The topological polar surface area (TPSA) is 60.2 Å². The van der Waals surface area contributed by atoms with E-state index in [4.69, 9.17) is 4.74 Å². The molecule has 0 fully saturated rings. The third kappa shape index (κ3) is 2.26. The molecule has 3 rings (SSSR count). The number of fused-ring (bicyclic) bond motifs is 1. The standard InChI is InChI=1S/C12H14N4O2S/c1-18-6-10-5-15(4-9-2-3-14-16(9)10)12(17)11-7-19-8-13-11/h2-3,7-8,10H,4-6H2,1H3. The van der Waals surface area contributed by atoms with Gasteiger partial charge in [-0.15, -0.1) is 11.3 Å². The van der Waals surface area contributed by atoms with Crippen LogP contribution in [0.2, 0.25) is 0 Å². The Morgan fingerprint density at radius 2 is 2.53 bits per heavy atom. The van der Waals surface area contributed by atoms with Crippen LogP contribution >= 0.6 is 11.3 Å². The zero-order valence-electron chi connectivity index (χ0n) is 10.5. The van der Waals surface area contributed by atoms with E-state index in [1.54, 1.807) is 29.1 Å². The molecule has 6 nitrogen and oxygen atoms in total. The van der Waals surface area contributed by atoms with Crippen molar-refractivity contribution in [3.05, 3.63) is 34.5 Å². The maximum Gasteiger partial charge on any atom is 0.273 e. The first-order valence-electron chi connectivity index (χ1n) is 5.98. The van der Waals surface area contributed by atoms with Crippen molar-refractivity contribution in [2.45, 2.75) is 12.6 Å². The van der Waals surface area contributed by atoms with Crippen molar-refractivity contribution in [3.8, 4) is 0 Å². The summed E-state index contributed by atoms with van der Waals surface area (Å²) in [6.07, 6.45) is 1.76. The fraction of sp³-hybridized carbons (Fsp3) is 0.417. The fourth-order valence-electron chi connectivity index (χ4n) is 2.34. The highest BCUT2D eigenvalue weighted by molar-refractivity contribution is 7.07. The quantitative estimate of drug-likeness (QED) is 0.846. The zero-order chi connectivity index (χ0) is 13.2. The molecule has 0 aliphatic carbocycles. The van der Waals surface area contributed by atoms with Crippen molar-refractivity contribution >= 4 is 17.2 Å². The molecule has 100 valence electrons. The lowest BCUT2D eigenvalue weighted by Gasteiger charge is -2.33. The molecular formula is C12H14N4O2S. The summed E-state index contributed by atoms with van der Waals surface area (Å²) < 4.78 is 7.15. The Bertz CT molecular complexity index is 566. The van der Waals surface area contributed by atoms with Gasteiger partial charge in [0.05, 0.1) is 30.4 Å². The number of rotatable bonds is 3. The van der Waals surface area contributed by atoms with Crippen LogP contribution in [0.1, 0.15) is 22.2 Å². The van der Waals surface area contributed by atoms with Crippen LogP contribution in [0.3, 0.4) is 0 Å². The number of hydrogen-bond acceptors (Lipinski definition) is 5. The number of thiazole rings is 1. The van der Waals surface area contributed by atoms with Crippen LogP contribution in [0.15, 0.2) is 23.2 Å². The van der Waals surface area contributed by atoms with Crippen LogP contribution in [0.5, 0.6) is 0 Å². The van der Waals surface area contributed by atoms with Gasteiger partial charge in [0, 0.05) is 25.2 Å². The number of carbonyl (C=O) groups excluding carboxylic acids is 1. The van der Waals surface area contributed by atoms with Crippen molar-refractivity contribution in [3.63, 3.8) is 0 Å². The number of hydrogen-bond donors (Lipinski definition) is 0. The summed E-state index contributed by atoms with van der Waals surface area (Å²) in [5.41, 5.74) is 3.21. The van der Waals surface area contributed by atoms with Crippen molar-refractivity contribution in [1.82, 2.24) is 19.7 Å². The molecule has 3 heterocycles. The van der Waals surface area contributed by atoms with Gasteiger partial charge in [0.1, 0.15) is 5.69 Å². The molecule has 0 saturated carbocycles. The first kappa shape index (κ1) is 12.3. The normalized spacial score (nSPS) is 18.4. The molecule has 0 radical (unpaired) electrons. The molecule has 0 spiro atoms. The average molecular weight is 278 g/mol. The molecule has 2 aromatic heterocycles. The van der Waals surface area contributed by atoms with Crippen molar-refractivity contribution in [2.24, 2.45) is 0 Å². The Hall–Kier alpha value is -1.73. The van der Waals surface area contributed by atoms with Crippen LogP contribution in [0.25, 0.3) is 0 Å². The van der Waals surface area contributed by atoms with E-state index in [0.717, 1.165) is 5.69 Å². The molecule has 0 saturated heterocycles. The second kappa shape index (κ2) is 5.10. The maximum atomic E-state index is 12.3. The molecule has 0 N–H and O–H groups in total. The predicted molar refractivity (Wildman–Crippen MR) is 70.0 cm³/mol. The minimum Gasteiger partial charge on any atom is -0.382 e. The molecule has 1 aliphatic rings. The highest BCUT2D eigenvalue weighted by atomic mass is 32.1. The molecule has 0 bridgehead atoms. The Morgan fingerprint density at radius 1 is 1.63 bits per heavy atom. The maximum absolute atomic E-state index is 12.3. The van der Waals surface area contributed by atoms with E-state index >= 15 is 0 Å². The van der Waals surface area contributed by atoms with E-state index < -0.39 is 0 Å². The average Bonchev–Trinajstić information content (AvgIpc) is 3.09. The Kier molecular flexibility index (Phi) is 3.31. The summed E-state index contributed by atoms with van der Waals surface area (Å²) in [5, 5.41) is 6.08. The summed E-state index contributed by atoms with van der Waals surface area (Å²) in [7, 11) is 1.66. The number of methoxy groups -OCH3 is 1. The van der Waals surface area contributed by atoms with Gasteiger partial charge in [0.2, 0.25) is 0 Å². The van der Waals surface area contributed by atoms with Gasteiger partial charge >= 0.3 is 0 Å². The smallest absolute Gasteiger partial charge is 0.273 e. The third-order valence-corrected chi connectivity index (χ3v) is 3.77. The van der Waals surface area contributed by atoms with Gasteiger partial charge in [-0.3, -0.25) is 9.48 Å². The second-order valence-electron chi connectivity index (χ2n) is 4.44. The lowest BCUT2D eigenvalue weighted by atomic mass is 10.2. The first-order valence-corrected chi connectivity index (χ1v) is 6.92. The highest BCUT2D eigenvalue weighted by Gasteiger charge is 2.29. The SMILES string of the molecule is COCC1CN(C(=O)c2cscn2)Cc2ccnn21. The molecule has 1 amide bonds. The van der Waals surface area contributed by atoms with Crippen LogP contribution in [0, 0.1) is 0 Å². The first-order chi connectivity index (χ1) is 9.29. The third-order valence-electron chi connectivity index (χ3n) is 3.18. The Labute approximate surface area is 114 Å². The van der Waals surface area contributed by atoms with Gasteiger partial charge in [0.15, 0.2) is 0 Å². The molecule has 1 atom stereocenters. The van der Waals surface area contributed by atoms with E-state index in [9.17, 15) is 4.79 Å². The van der Waals surface area contributed by atoms with E-state index in [1.807, 2.05) is 10.7 Å². The van der Waals surface area contributed by atoms with E-state index in [1.165, 1.54) is 11.3 Å². The molecule has 1 unspecified atom stereocenters. The summed E-state index contributed by atoms with van der Waals surface area (Å²) in [5.74, 6) is -0.0326. The van der Waals surface area contributed by atoms with E-state index in [-0.39, 0.29) is 11.9 Å². The summed E-state index contributed by atoms with van der Waals surface area (Å²) in [6, 6.07) is 2.00. The highest BCUT2D eigenvalue weighted by Crippen LogP contribution is 2.22. The van der Waals surface area contributed by atoms with Gasteiger partial charge < -0.3 is 9.64 Å². The van der Waals surface area contributed by atoms with E-state index in [2.05, 4.69) is 10.1 Å². The number of nitrogens with zero attached hydrogens (tertiary/aromatic N) is 4. The summed E-state index contributed by atoms with van der Waals surface area (Å²) in [4.78, 5) is 18.2. The van der Waals surface area contributed by atoms with Crippen LogP contribution in [0.4, 0.5) is 0 Å². The minimum absolute atomic E-state index is 0.0326. The predicted octanol–water partition coefficient (Wildman–Crippen LogP) is 1.18. The summed E-state index contributed by atoms with van der Waals surface area (Å²) >= 11 is 1.43. The lowest BCUT2D eigenvalue weighted by molar-refractivity contribution is 0.0574. The van der Waals surface area contributed by atoms with Crippen molar-refractivity contribution in [1.29, 1.82) is 0 Å². The molecule has 0 aromatic carbocycles. The lowest BCUT2D eigenvalue weighted by Crippen LogP contribution is -2.42. The largest absolute Gasteiger partial charge is 0.382 e. The Morgan fingerprint density at radius 3 is 3.26 bits per heavy atom. The number of aromatic nitrogens is 3. The van der Waals surface area contributed by atoms with Gasteiger partial charge in [-0.05, 0) is 6.07 Å². The molecule has 1 aliphatic heterocycles. The summed E-state index contributed by atoms with van der Waals surface area (Å²) in [6.45, 7) is 1.70. The van der Waals surface area contributed by atoms with Gasteiger partial charge in [-0.25, -0.2) is 4.98 Å². The second-order valence-corrected chi connectivity index (χ2v) is 5.15. The van der Waals surface area contributed by atoms with Crippen LogP contribution in [-0.4, -0.2) is 45.8 Å². The number of carbonyl (C=O) groups is 1. The molecule has 19 heavy (non-hydrogen) atoms. The van der Waals surface area contributed by atoms with Crippen molar-refractivity contribution < 1.29 is 9.53 Å². The van der Waals surface area contributed by atoms with Gasteiger partial charge in [0.25, 0.3) is 5.91 Å². The monoisotopic (exact) mass is 278 g/mol. The minimum atomic E-state index is -0.0326. The molecule has 2 aromatic rings. The molecule has 7 heteroatoms. The van der Waals surface area contributed by atoms with E-state index in [0.29, 0.717) is 25.4 Å². The fourth-order valence-corrected chi connectivity index (χ4v) is 2.86. The zero-order valence-corrected chi connectivity index (χ0v) is 11.3. The molecular weight excluding hydrogens is 264 g/mol. The number of amides is 1. The van der Waals surface area contributed by atoms with Crippen molar-refractivity contribution in [2.75, 3.05) is 20.3 Å². The van der Waals surface area contributed by atoms with Crippen LogP contribution < -0.4 is 0 Å². The number of ether oxygens (including phenoxy) is 1.